The minimum atomic E-state index is -3.53. The number of ether oxygens (including phenoxy) is 1. The summed E-state index contributed by atoms with van der Waals surface area (Å²) >= 11 is 0. The fourth-order valence-corrected chi connectivity index (χ4v) is 5.61. The van der Waals surface area contributed by atoms with E-state index in [1.165, 1.54) is 10.00 Å². The fourth-order valence-electron chi connectivity index (χ4n) is 4.20. The molecule has 2 aromatic rings. The smallest absolute Gasteiger partial charge is 0.243 e. The zero-order valence-corrected chi connectivity index (χ0v) is 18.0. The van der Waals surface area contributed by atoms with Crippen LogP contribution in [0.5, 0.6) is 0 Å². The van der Waals surface area contributed by atoms with Crippen molar-refractivity contribution in [3.63, 3.8) is 0 Å². The Balaban J connectivity index is 1.37. The standard InChI is InChI=1S/C21H28N4O4S/c1-23-10-2-4-19(23)20-5-3-11-24(20)16-21(26)22-17-6-8-18(9-7-17)30(27,28)25-12-14-29-15-13-25/h2,4,6-10,20H,3,5,11-16H2,1H3,(H,22,26)/t20-/m1/s1. The van der Waals surface area contributed by atoms with Gasteiger partial charge < -0.3 is 14.6 Å². The van der Waals surface area contributed by atoms with E-state index in [1.807, 2.05) is 19.3 Å². The van der Waals surface area contributed by atoms with Crippen molar-refractivity contribution >= 4 is 21.6 Å². The average Bonchev–Trinajstić information content (AvgIpc) is 3.37. The molecular weight excluding hydrogens is 404 g/mol. The number of aryl methyl sites for hydroxylation is 1. The summed E-state index contributed by atoms with van der Waals surface area (Å²) in [7, 11) is -1.51. The minimum Gasteiger partial charge on any atom is -0.379 e. The van der Waals surface area contributed by atoms with Crippen LogP contribution >= 0.6 is 0 Å². The highest BCUT2D eigenvalue weighted by atomic mass is 32.2. The van der Waals surface area contributed by atoms with Gasteiger partial charge in [-0.2, -0.15) is 4.31 Å². The maximum absolute atomic E-state index is 12.7. The number of nitrogens with zero attached hydrogens (tertiary/aromatic N) is 3. The van der Waals surface area contributed by atoms with Gasteiger partial charge in [-0.1, -0.05) is 0 Å². The van der Waals surface area contributed by atoms with Gasteiger partial charge in [0.2, 0.25) is 15.9 Å². The van der Waals surface area contributed by atoms with E-state index in [1.54, 1.807) is 24.3 Å². The van der Waals surface area contributed by atoms with Gasteiger partial charge in [-0.15, -0.1) is 0 Å². The molecule has 0 bridgehead atoms. The van der Waals surface area contributed by atoms with Gasteiger partial charge in [0.15, 0.2) is 0 Å². The molecule has 2 fully saturated rings. The lowest BCUT2D eigenvalue weighted by Crippen LogP contribution is -2.40. The number of carbonyl (C=O) groups excluding carboxylic acids is 1. The first-order chi connectivity index (χ1) is 14.4. The summed E-state index contributed by atoms with van der Waals surface area (Å²) in [6.45, 7) is 2.74. The van der Waals surface area contributed by atoms with Crippen molar-refractivity contribution in [1.29, 1.82) is 0 Å². The van der Waals surface area contributed by atoms with E-state index in [4.69, 9.17) is 4.74 Å². The number of rotatable bonds is 6. The highest BCUT2D eigenvalue weighted by Gasteiger charge is 2.29. The Labute approximate surface area is 177 Å². The topological polar surface area (TPSA) is 83.9 Å². The highest BCUT2D eigenvalue weighted by Crippen LogP contribution is 2.31. The molecule has 162 valence electrons. The molecule has 1 aromatic heterocycles. The first-order valence-corrected chi connectivity index (χ1v) is 11.7. The quantitative estimate of drug-likeness (QED) is 0.753. The van der Waals surface area contributed by atoms with E-state index < -0.39 is 10.0 Å². The number of hydrogen-bond acceptors (Lipinski definition) is 5. The first kappa shape index (κ1) is 21.0. The lowest BCUT2D eigenvalue weighted by Gasteiger charge is -2.26. The van der Waals surface area contributed by atoms with Crippen molar-refractivity contribution in [1.82, 2.24) is 13.8 Å². The molecule has 30 heavy (non-hydrogen) atoms. The summed E-state index contributed by atoms with van der Waals surface area (Å²) in [5.41, 5.74) is 1.81. The Morgan fingerprint density at radius 2 is 1.87 bits per heavy atom. The van der Waals surface area contributed by atoms with Crippen LogP contribution < -0.4 is 5.32 Å². The minimum absolute atomic E-state index is 0.0973. The summed E-state index contributed by atoms with van der Waals surface area (Å²) in [6.07, 6.45) is 4.13. The zero-order chi connectivity index (χ0) is 21.1. The van der Waals surface area contributed by atoms with Gasteiger partial charge in [-0.25, -0.2) is 8.42 Å². The van der Waals surface area contributed by atoms with Gasteiger partial charge in [0.1, 0.15) is 0 Å². The number of nitrogens with one attached hydrogen (secondary N) is 1. The van der Waals surface area contributed by atoms with Crippen LogP contribution in [0.3, 0.4) is 0 Å². The average molecular weight is 433 g/mol. The van der Waals surface area contributed by atoms with Crippen molar-refractivity contribution in [2.75, 3.05) is 44.7 Å². The van der Waals surface area contributed by atoms with Crippen molar-refractivity contribution in [3.05, 3.63) is 48.3 Å². The molecule has 1 aromatic carbocycles. The van der Waals surface area contributed by atoms with Gasteiger partial charge in [-0.3, -0.25) is 9.69 Å². The predicted molar refractivity (Wildman–Crippen MR) is 114 cm³/mol. The Morgan fingerprint density at radius 3 is 2.53 bits per heavy atom. The summed E-state index contributed by atoms with van der Waals surface area (Å²) in [6, 6.07) is 10.8. The summed E-state index contributed by atoms with van der Waals surface area (Å²) in [5.74, 6) is -0.0973. The number of carbonyl (C=O) groups is 1. The van der Waals surface area contributed by atoms with E-state index in [9.17, 15) is 13.2 Å². The normalized spacial score (nSPS) is 21.0. The van der Waals surface area contributed by atoms with Crippen LogP contribution in [0.25, 0.3) is 0 Å². The predicted octanol–water partition coefficient (Wildman–Crippen LogP) is 1.82. The van der Waals surface area contributed by atoms with Crippen molar-refractivity contribution in [2.24, 2.45) is 7.05 Å². The van der Waals surface area contributed by atoms with Crippen LogP contribution in [0.15, 0.2) is 47.5 Å². The largest absolute Gasteiger partial charge is 0.379 e. The molecule has 9 heteroatoms. The van der Waals surface area contributed by atoms with Crippen LogP contribution in [0, 0.1) is 0 Å². The molecule has 2 saturated heterocycles. The van der Waals surface area contributed by atoms with E-state index in [-0.39, 0.29) is 16.8 Å². The van der Waals surface area contributed by atoms with Crippen molar-refractivity contribution in [3.8, 4) is 0 Å². The highest BCUT2D eigenvalue weighted by molar-refractivity contribution is 7.89. The maximum Gasteiger partial charge on any atom is 0.243 e. The number of hydrogen-bond donors (Lipinski definition) is 1. The Hall–Kier alpha value is -2.20. The third-order valence-electron chi connectivity index (χ3n) is 5.78. The summed E-state index contributed by atoms with van der Waals surface area (Å²) in [5, 5.41) is 2.89. The number of likely N-dealkylation sites (tertiary alicyclic amines) is 1. The Kier molecular flexibility index (Phi) is 6.24. The monoisotopic (exact) mass is 432 g/mol. The molecule has 0 unspecified atom stereocenters. The number of benzene rings is 1. The van der Waals surface area contributed by atoms with Gasteiger partial charge in [-0.05, 0) is 55.8 Å². The lowest BCUT2D eigenvalue weighted by molar-refractivity contribution is -0.117. The van der Waals surface area contributed by atoms with Crippen LogP contribution in [0.4, 0.5) is 5.69 Å². The van der Waals surface area contributed by atoms with Crippen molar-refractivity contribution in [2.45, 2.75) is 23.8 Å². The van der Waals surface area contributed by atoms with Crippen LogP contribution in [-0.2, 0) is 26.6 Å². The van der Waals surface area contributed by atoms with Gasteiger partial charge in [0.25, 0.3) is 0 Å². The van der Waals surface area contributed by atoms with Crippen LogP contribution in [-0.4, -0.2) is 67.5 Å². The third kappa shape index (κ3) is 4.44. The molecule has 1 atom stereocenters. The third-order valence-corrected chi connectivity index (χ3v) is 7.69. The number of aromatic nitrogens is 1. The Bertz CT molecular complexity index is 981. The molecule has 4 rings (SSSR count). The molecule has 2 aliphatic rings. The molecule has 0 saturated carbocycles. The van der Waals surface area contributed by atoms with E-state index in [0.29, 0.717) is 38.5 Å². The van der Waals surface area contributed by atoms with Gasteiger partial charge in [0.05, 0.1) is 30.7 Å². The lowest BCUT2D eigenvalue weighted by atomic mass is 10.1. The summed E-state index contributed by atoms with van der Waals surface area (Å²) in [4.78, 5) is 15.0. The second-order valence-electron chi connectivity index (χ2n) is 7.76. The molecule has 0 spiro atoms. The SMILES string of the molecule is Cn1cccc1[C@H]1CCCN1CC(=O)Nc1ccc(S(=O)(=O)N2CCOCC2)cc1. The van der Waals surface area contributed by atoms with Crippen LogP contribution in [0.2, 0.25) is 0 Å². The maximum atomic E-state index is 12.7. The van der Waals surface area contributed by atoms with E-state index in [2.05, 4.69) is 20.9 Å². The first-order valence-electron chi connectivity index (χ1n) is 10.3. The second kappa shape index (κ2) is 8.89. The molecule has 8 nitrogen and oxygen atoms in total. The molecule has 1 amide bonds. The number of amides is 1. The zero-order valence-electron chi connectivity index (χ0n) is 17.2. The van der Waals surface area contributed by atoms with E-state index in [0.717, 1.165) is 19.4 Å². The fraction of sp³-hybridized carbons (Fsp3) is 0.476. The molecule has 3 heterocycles. The molecule has 1 N–H and O–H groups in total. The summed E-state index contributed by atoms with van der Waals surface area (Å²) < 4.78 is 34.2. The molecular formula is C21H28N4O4S. The molecule has 0 radical (unpaired) electrons. The number of anilines is 1. The molecule has 2 aliphatic heterocycles. The number of morpholine rings is 1. The number of sulfonamides is 1. The van der Waals surface area contributed by atoms with E-state index >= 15 is 0 Å². The second-order valence-corrected chi connectivity index (χ2v) is 9.70. The molecule has 0 aliphatic carbocycles. The Morgan fingerprint density at radius 1 is 1.13 bits per heavy atom. The van der Waals surface area contributed by atoms with Crippen molar-refractivity contribution < 1.29 is 17.9 Å². The van der Waals surface area contributed by atoms with Gasteiger partial charge in [0, 0.05) is 37.7 Å². The van der Waals surface area contributed by atoms with Crippen LogP contribution in [0.1, 0.15) is 24.6 Å². The van der Waals surface area contributed by atoms with Gasteiger partial charge >= 0.3 is 0 Å².